The van der Waals surface area contributed by atoms with Crippen LogP contribution in [0.1, 0.15) is 69.4 Å². The maximum absolute atomic E-state index is 13.1. The molecule has 0 aliphatic carbocycles. The first-order chi connectivity index (χ1) is 15.3. The summed E-state index contributed by atoms with van der Waals surface area (Å²) < 4.78 is 0. The minimum atomic E-state index is -1.06. The Labute approximate surface area is 212 Å². The summed E-state index contributed by atoms with van der Waals surface area (Å²) in [6.45, 7) is 12.8. The van der Waals surface area contributed by atoms with E-state index in [1.165, 1.54) is 23.2 Å². The first-order valence-corrected chi connectivity index (χ1v) is 11.5. The maximum atomic E-state index is 13.1. The molecule has 2 amide bonds. The molecule has 1 atom stereocenters. The lowest BCUT2D eigenvalue weighted by Crippen LogP contribution is -2.55. The van der Waals surface area contributed by atoms with Gasteiger partial charge in [0.25, 0.3) is 0 Å². The Morgan fingerprint density at radius 3 is 2.41 bits per heavy atom. The summed E-state index contributed by atoms with van der Waals surface area (Å²) >= 11 is 6.67. The second kappa shape index (κ2) is 10.4. The summed E-state index contributed by atoms with van der Waals surface area (Å²) in [6.07, 6.45) is 4.97. The molecule has 0 spiro atoms. The molecule has 6 nitrogen and oxygen atoms in total. The number of anilines is 1. The summed E-state index contributed by atoms with van der Waals surface area (Å²) in [4.78, 5) is 29.8. The van der Waals surface area contributed by atoms with Crippen molar-refractivity contribution < 1.29 is 14.7 Å². The summed E-state index contributed by atoms with van der Waals surface area (Å²) in [5.74, 6) is -0.588. The number of halogens is 2. The summed E-state index contributed by atoms with van der Waals surface area (Å²) in [7, 11) is 0. The number of aromatic carboxylic acids is 1. The van der Waals surface area contributed by atoms with E-state index in [1.807, 2.05) is 19.1 Å². The number of rotatable bonds is 6. The van der Waals surface area contributed by atoms with Crippen LogP contribution < -0.4 is 10.2 Å². The Balaban J connectivity index is 0.00000408. The minimum Gasteiger partial charge on any atom is -0.478 e. The van der Waals surface area contributed by atoms with Crippen LogP contribution in [0.15, 0.2) is 48.3 Å². The van der Waals surface area contributed by atoms with Gasteiger partial charge in [-0.3, -0.25) is 4.90 Å². The molecular weight excluding hydrogens is 473 g/mol. The van der Waals surface area contributed by atoms with Crippen LogP contribution in [-0.2, 0) is 12.0 Å². The van der Waals surface area contributed by atoms with Gasteiger partial charge in [-0.2, -0.15) is 0 Å². The zero-order chi connectivity index (χ0) is 24.6. The van der Waals surface area contributed by atoms with Crippen molar-refractivity contribution in [1.82, 2.24) is 10.3 Å². The van der Waals surface area contributed by atoms with Gasteiger partial charge in [0.1, 0.15) is 5.82 Å². The topological polar surface area (TPSA) is 82.5 Å². The van der Waals surface area contributed by atoms with Crippen molar-refractivity contribution in [2.45, 2.75) is 59.9 Å². The second-order valence-electron chi connectivity index (χ2n) is 10.2. The summed E-state index contributed by atoms with van der Waals surface area (Å²) in [6, 6.07) is 8.66. The molecule has 2 aromatic rings. The monoisotopic (exact) mass is 505 g/mol. The zero-order valence-electron chi connectivity index (χ0n) is 20.5. The highest BCUT2D eigenvalue weighted by Gasteiger charge is 2.40. The average molecular weight is 506 g/mol. The minimum absolute atomic E-state index is 0. The number of nitrogens with one attached hydrogen (secondary N) is 1. The number of carbonyl (C=O) groups excluding carboxylic acids is 1. The van der Waals surface area contributed by atoms with Crippen molar-refractivity contribution in [3.63, 3.8) is 0 Å². The molecule has 2 heterocycles. The van der Waals surface area contributed by atoms with Crippen LogP contribution in [0, 0.1) is 11.3 Å². The Hall–Kier alpha value is -2.57. The maximum Gasteiger partial charge on any atom is 0.337 e. The number of amides is 2. The fraction of sp³-hybridized carbons (Fsp3) is 0.423. The van der Waals surface area contributed by atoms with Gasteiger partial charge < -0.3 is 10.4 Å². The van der Waals surface area contributed by atoms with Gasteiger partial charge in [0.15, 0.2) is 0 Å². The molecule has 34 heavy (non-hydrogen) atoms. The molecule has 0 radical (unpaired) electrons. The van der Waals surface area contributed by atoms with Crippen LogP contribution in [0.3, 0.4) is 0 Å². The first-order valence-electron chi connectivity index (χ1n) is 11.1. The third kappa shape index (κ3) is 5.91. The van der Waals surface area contributed by atoms with Crippen LogP contribution >= 0.6 is 24.0 Å². The van der Waals surface area contributed by atoms with Gasteiger partial charge in [-0.1, -0.05) is 58.4 Å². The number of pyridine rings is 1. The summed E-state index contributed by atoms with van der Waals surface area (Å²) in [5.41, 5.74) is 2.54. The molecule has 1 aliphatic rings. The smallest absolute Gasteiger partial charge is 0.337 e. The highest BCUT2D eigenvalue weighted by Crippen LogP contribution is 2.39. The first kappa shape index (κ1) is 27.7. The number of aromatic nitrogens is 1. The van der Waals surface area contributed by atoms with Crippen molar-refractivity contribution in [3.05, 3.63) is 70.0 Å². The largest absolute Gasteiger partial charge is 0.478 e. The van der Waals surface area contributed by atoms with Crippen molar-refractivity contribution in [2.24, 2.45) is 11.3 Å². The van der Waals surface area contributed by atoms with Crippen molar-refractivity contribution in [3.8, 4) is 0 Å². The van der Waals surface area contributed by atoms with Crippen LogP contribution in [0.2, 0.25) is 5.02 Å². The molecule has 184 valence electrons. The fourth-order valence-electron chi connectivity index (χ4n) is 4.03. The zero-order valence-corrected chi connectivity index (χ0v) is 22.0. The molecule has 3 rings (SSSR count). The molecule has 8 heteroatoms. The highest BCUT2D eigenvalue weighted by atomic mass is 35.5. The molecular formula is C26H33Cl2N3O3. The number of carboxylic acid groups (broad SMARTS) is 1. The number of nitrogens with zero attached hydrogens (tertiary/aromatic N) is 2. The Kier molecular flexibility index (Phi) is 8.43. The molecule has 1 aromatic carbocycles. The van der Waals surface area contributed by atoms with E-state index < -0.39 is 11.5 Å². The predicted octanol–water partition coefficient (Wildman–Crippen LogP) is 6.82. The van der Waals surface area contributed by atoms with E-state index in [2.05, 4.69) is 51.0 Å². The SMILES string of the molecule is CC(C)C1=CN(c2ccc(C(=O)O)cn2)C(=O)NC1(C)c1ccc(CCC(C)(C)C)c(Cl)c1.Cl. The lowest BCUT2D eigenvalue weighted by Gasteiger charge is -2.42. The standard InChI is InChI=1S/C26H32ClN3O3.ClH/c1-16(2)20-15-30(22-10-8-18(14-28-22)23(31)32)24(33)29-26(20,6)19-9-7-17(21(27)13-19)11-12-25(3,4)5;/h7-10,13-16H,11-12H2,1-6H3,(H,29,33)(H,31,32);1H. The lowest BCUT2D eigenvalue weighted by atomic mass is 9.78. The third-order valence-electron chi connectivity index (χ3n) is 6.06. The summed E-state index contributed by atoms with van der Waals surface area (Å²) in [5, 5.41) is 12.9. The van der Waals surface area contributed by atoms with Gasteiger partial charge in [-0.05, 0) is 66.0 Å². The van der Waals surface area contributed by atoms with Crippen molar-refractivity contribution in [2.75, 3.05) is 4.90 Å². The van der Waals surface area contributed by atoms with Gasteiger partial charge in [-0.25, -0.2) is 14.6 Å². The van der Waals surface area contributed by atoms with E-state index in [0.717, 1.165) is 29.5 Å². The second-order valence-corrected chi connectivity index (χ2v) is 10.6. The Morgan fingerprint density at radius 2 is 1.91 bits per heavy atom. The molecule has 1 aliphatic heterocycles. The van der Waals surface area contributed by atoms with Gasteiger partial charge in [0.05, 0.1) is 11.1 Å². The lowest BCUT2D eigenvalue weighted by molar-refractivity contribution is 0.0696. The number of benzene rings is 1. The van der Waals surface area contributed by atoms with E-state index >= 15 is 0 Å². The molecule has 1 unspecified atom stereocenters. The molecule has 0 saturated carbocycles. The molecule has 0 saturated heterocycles. The van der Waals surface area contributed by atoms with E-state index in [9.17, 15) is 9.59 Å². The molecule has 0 fully saturated rings. The number of hydrogen-bond acceptors (Lipinski definition) is 3. The van der Waals surface area contributed by atoms with E-state index in [1.54, 1.807) is 6.20 Å². The van der Waals surface area contributed by atoms with Gasteiger partial charge in [-0.15, -0.1) is 12.4 Å². The quantitative estimate of drug-likeness (QED) is 0.451. The van der Waals surface area contributed by atoms with E-state index in [-0.39, 0.29) is 35.3 Å². The van der Waals surface area contributed by atoms with Crippen molar-refractivity contribution >= 4 is 41.8 Å². The Morgan fingerprint density at radius 1 is 1.24 bits per heavy atom. The molecule has 1 aromatic heterocycles. The molecule has 0 bridgehead atoms. The fourth-order valence-corrected chi connectivity index (χ4v) is 4.31. The van der Waals surface area contributed by atoms with Crippen molar-refractivity contribution in [1.29, 1.82) is 0 Å². The number of hydrogen-bond donors (Lipinski definition) is 2. The highest BCUT2D eigenvalue weighted by molar-refractivity contribution is 6.31. The third-order valence-corrected chi connectivity index (χ3v) is 6.41. The number of urea groups is 1. The number of carbonyl (C=O) groups is 2. The van der Waals surface area contributed by atoms with Gasteiger partial charge in [0.2, 0.25) is 0 Å². The van der Waals surface area contributed by atoms with Gasteiger partial charge >= 0.3 is 12.0 Å². The van der Waals surface area contributed by atoms with E-state index in [0.29, 0.717) is 10.8 Å². The van der Waals surface area contributed by atoms with E-state index in [4.69, 9.17) is 16.7 Å². The average Bonchev–Trinajstić information content (AvgIpc) is 2.72. The van der Waals surface area contributed by atoms with Gasteiger partial charge in [0, 0.05) is 17.4 Å². The number of carboxylic acids is 1. The predicted molar refractivity (Wildman–Crippen MR) is 139 cm³/mol. The van der Waals surface area contributed by atoms with Crippen LogP contribution in [-0.4, -0.2) is 22.1 Å². The number of aryl methyl sites for hydroxylation is 1. The van der Waals surface area contributed by atoms with Crippen LogP contribution in [0.25, 0.3) is 0 Å². The van der Waals surface area contributed by atoms with Crippen LogP contribution in [0.4, 0.5) is 10.6 Å². The van der Waals surface area contributed by atoms with Crippen LogP contribution in [0.5, 0.6) is 0 Å². The normalized spacial score (nSPS) is 18.3. The molecule has 2 N–H and O–H groups in total. The Bertz CT molecular complexity index is 1090.